The number of nitrogens with two attached hydrogens (primary N) is 1. The van der Waals surface area contributed by atoms with Gasteiger partial charge in [-0.3, -0.25) is 5.41 Å². The maximum absolute atomic E-state index is 7.18. The van der Waals surface area contributed by atoms with E-state index in [1.807, 2.05) is 28.8 Å². The Hall–Kier alpha value is -1.84. The van der Waals surface area contributed by atoms with E-state index in [0.717, 1.165) is 11.3 Å². The van der Waals surface area contributed by atoms with E-state index in [2.05, 4.69) is 4.98 Å². The Bertz CT molecular complexity index is 444. The van der Waals surface area contributed by atoms with Crippen LogP contribution in [-0.4, -0.2) is 15.2 Å². The standard InChI is InChI=1S/C9H10N4/c10-8(11)5-7-6-12-9-3-1-2-4-13(7)9/h1-4,6H,5H2,(H3,10,11). The first kappa shape index (κ1) is 7.79. The van der Waals surface area contributed by atoms with Crippen LogP contribution in [0.4, 0.5) is 0 Å². The number of aromatic nitrogens is 2. The number of hydrogen-bond donors (Lipinski definition) is 2. The molecule has 0 aliphatic heterocycles. The lowest BCUT2D eigenvalue weighted by molar-refractivity contribution is 1.06. The van der Waals surface area contributed by atoms with Gasteiger partial charge >= 0.3 is 0 Å². The molecule has 2 aromatic heterocycles. The fourth-order valence-electron chi connectivity index (χ4n) is 1.31. The van der Waals surface area contributed by atoms with Crippen molar-refractivity contribution in [1.29, 1.82) is 5.41 Å². The summed E-state index contributed by atoms with van der Waals surface area (Å²) in [5.41, 5.74) is 7.15. The van der Waals surface area contributed by atoms with E-state index in [1.54, 1.807) is 6.20 Å². The second kappa shape index (κ2) is 2.90. The summed E-state index contributed by atoms with van der Waals surface area (Å²) in [5.74, 6) is 0.158. The summed E-state index contributed by atoms with van der Waals surface area (Å²) in [7, 11) is 0. The third-order valence-corrected chi connectivity index (χ3v) is 1.87. The van der Waals surface area contributed by atoms with Gasteiger partial charge in [0.05, 0.1) is 5.84 Å². The van der Waals surface area contributed by atoms with Crippen LogP contribution in [-0.2, 0) is 6.42 Å². The topological polar surface area (TPSA) is 67.2 Å². The summed E-state index contributed by atoms with van der Waals surface area (Å²) in [4.78, 5) is 4.18. The van der Waals surface area contributed by atoms with E-state index in [0.29, 0.717) is 6.42 Å². The van der Waals surface area contributed by atoms with Crippen molar-refractivity contribution in [2.75, 3.05) is 0 Å². The van der Waals surface area contributed by atoms with Gasteiger partial charge in [-0.05, 0) is 12.1 Å². The Morgan fingerprint density at radius 3 is 3.15 bits per heavy atom. The van der Waals surface area contributed by atoms with Gasteiger partial charge < -0.3 is 10.1 Å². The van der Waals surface area contributed by atoms with Crippen LogP contribution in [0.15, 0.2) is 30.6 Å². The van der Waals surface area contributed by atoms with E-state index in [9.17, 15) is 0 Å². The molecule has 13 heavy (non-hydrogen) atoms. The average molecular weight is 174 g/mol. The lowest BCUT2D eigenvalue weighted by Crippen LogP contribution is -2.13. The molecule has 4 heteroatoms. The summed E-state index contributed by atoms with van der Waals surface area (Å²) in [5, 5.41) is 7.18. The zero-order valence-corrected chi connectivity index (χ0v) is 7.07. The minimum Gasteiger partial charge on any atom is -0.387 e. The fourth-order valence-corrected chi connectivity index (χ4v) is 1.31. The summed E-state index contributed by atoms with van der Waals surface area (Å²) in [6.07, 6.45) is 4.11. The second-order valence-corrected chi connectivity index (χ2v) is 2.88. The van der Waals surface area contributed by atoms with Crippen LogP contribution in [0.2, 0.25) is 0 Å². The van der Waals surface area contributed by atoms with Crippen molar-refractivity contribution in [3.63, 3.8) is 0 Å². The number of hydrogen-bond acceptors (Lipinski definition) is 2. The zero-order valence-electron chi connectivity index (χ0n) is 7.07. The first-order chi connectivity index (χ1) is 6.27. The molecule has 2 aromatic rings. The van der Waals surface area contributed by atoms with Crippen LogP contribution in [0, 0.1) is 5.41 Å². The van der Waals surface area contributed by atoms with Crippen LogP contribution in [0.1, 0.15) is 5.69 Å². The van der Waals surface area contributed by atoms with Gasteiger partial charge in [-0.2, -0.15) is 0 Å². The molecule has 0 spiro atoms. The normalized spacial score (nSPS) is 10.5. The maximum Gasteiger partial charge on any atom is 0.136 e. The number of rotatable bonds is 2. The number of pyridine rings is 1. The van der Waals surface area contributed by atoms with Crippen LogP contribution in [0.25, 0.3) is 5.65 Å². The summed E-state index contributed by atoms with van der Waals surface area (Å²) >= 11 is 0. The fraction of sp³-hybridized carbons (Fsp3) is 0.111. The van der Waals surface area contributed by atoms with E-state index in [4.69, 9.17) is 11.1 Å². The number of nitrogens with one attached hydrogen (secondary N) is 1. The van der Waals surface area contributed by atoms with Crippen molar-refractivity contribution in [3.05, 3.63) is 36.3 Å². The summed E-state index contributed by atoms with van der Waals surface area (Å²) < 4.78 is 1.93. The molecule has 0 radical (unpaired) electrons. The number of nitrogens with zero attached hydrogens (tertiary/aromatic N) is 2. The van der Waals surface area contributed by atoms with Crippen LogP contribution in [0.5, 0.6) is 0 Å². The number of fused-ring (bicyclic) bond motifs is 1. The molecule has 0 fully saturated rings. The van der Waals surface area contributed by atoms with Gasteiger partial charge in [0.15, 0.2) is 0 Å². The van der Waals surface area contributed by atoms with Gasteiger partial charge in [-0.25, -0.2) is 4.98 Å². The van der Waals surface area contributed by atoms with Crippen molar-refractivity contribution in [2.45, 2.75) is 6.42 Å². The Morgan fingerprint density at radius 1 is 1.54 bits per heavy atom. The van der Waals surface area contributed by atoms with E-state index >= 15 is 0 Å². The molecule has 2 heterocycles. The smallest absolute Gasteiger partial charge is 0.136 e. The molecule has 0 aromatic carbocycles. The monoisotopic (exact) mass is 174 g/mol. The van der Waals surface area contributed by atoms with Gasteiger partial charge in [0.25, 0.3) is 0 Å². The van der Waals surface area contributed by atoms with Crippen molar-refractivity contribution in [2.24, 2.45) is 5.73 Å². The van der Waals surface area contributed by atoms with Gasteiger partial charge in [-0.1, -0.05) is 6.07 Å². The highest BCUT2D eigenvalue weighted by atomic mass is 15.0. The van der Waals surface area contributed by atoms with Gasteiger partial charge in [0.1, 0.15) is 5.65 Å². The molecule has 0 saturated heterocycles. The van der Waals surface area contributed by atoms with Crippen molar-refractivity contribution in [1.82, 2.24) is 9.38 Å². The Morgan fingerprint density at radius 2 is 2.38 bits per heavy atom. The molecule has 0 saturated carbocycles. The zero-order chi connectivity index (χ0) is 9.26. The second-order valence-electron chi connectivity index (χ2n) is 2.88. The quantitative estimate of drug-likeness (QED) is 0.522. The third kappa shape index (κ3) is 1.38. The highest BCUT2D eigenvalue weighted by molar-refractivity contribution is 5.79. The predicted molar refractivity (Wildman–Crippen MR) is 50.8 cm³/mol. The predicted octanol–water partition coefficient (Wildman–Crippen LogP) is 0.813. The van der Waals surface area contributed by atoms with E-state index < -0.39 is 0 Å². The SMILES string of the molecule is N=C(N)Cc1cnc2ccccn12. The Kier molecular flexibility index (Phi) is 1.73. The molecule has 0 unspecified atom stereocenters. The van der Waals surface area contributed by atoms with Gasteiger partial charge in [-0.15, -0.1) is 0 Å². The van der Waals surface area contributed by atoms with Crippen LogP contribution in [0.3, 0.4) is 0 Å². The van der Waals surface area contributed by atoms with E-state index in [-0.39, 0.29) is 5.84 Å². The molecule has 0 aliphatic rings. The lowest BCUT2D eigenvalue weighted by Gasteiger charge is -1.98. The Balaban J connectivity index is 2.51. The van der Waals surface area contributed by atoms with E-state index in [1.165, 1.54) is 0 Å². The summed E-state index contributed by atoms with van der Waals surface area (Å²) in [6, 6.07) is 5.78. The van der Waals surface area contributed by atoms with Gasteiger partial charge in [0, 0.05) is 24.5 Å². The number of imidazole rings is 1. The van der Waals surface area contributed by atoms with Gasteiger partial charge in [0.2, 0.25) is 0 Å². The van der Waals surface area contributed by atoms with Crippen molar-refractivity contribution in [3.8, 4) is 0 Å². The van der Waals surface area contributed by atoms with Crippen LogP contribution >= 0.6 is 0 Å². The van der Waals surface area contributed by atoms with Crippen LogP contribution < -0.4 is 5.73 Å². The molecular weight excluding hydrogens is 164 g/mol. The third-order valence-electron chi connectivity index (χ3n) is 1.87. The highest BCUT2D eigenvalue weighted by Gasteiger charge is 2.02. The Labute approximate surface area is 75.5 Å². The molecule has 0 bridgehead atoms. The molecule has 0 amide bonds. The summed E-state index contributed by atoms with van der Waals surface area (Å²) in [6.45, 7) is 0. The number of amidine groups is 1. The largest absolute Gasteiger partial charge is 0.387 e. The molecule has 2 rings (SSSR count). The van der Waals surface area contributed by atoms with Crippen molar-refractivity contribution >= 4 is 11.5 Å². The minimum absolute atomic E-state index is 0.158. The molecule has 3 N–H and O–H groups in total. The molecule has 0 aliphatic carbocycles. The first-order valence-corrected chi connectivity index (χ1v) is 4.01. The first-order valence-electron chi connectivity index (χ1n) is 4.01. The average Bonchev–Trinajstić information content (AvgIpc) is 2.48. The maximum atomic E-state index is 7.18. The highest BCUT2D eigenvalue weighted by Crippen LogP contribution is 2.05. The molecule has 66 valence electrons. The molecular formula is C9H10N4. The molecule has 4 nitrogen and oxygen atoms in total. The minimum atomic E-state index is 0.158. The molecule has 0 atom stereocenters. The van der Waals surface area contributed by atoms with Crippen molar-refractivity contribution < 1.29 is 0 Å². The lowest BCUT2D eigenvalue weighted by atomic mass is 10.3.